The van der Waals surface area contributed by atoms with Crippen molar-refractivity contribution in [3.63, 3.8) is 0 Å². The molecule has 0 amide bonds. The molecule has 1 atom stereocenters. The van der Waals surface area contributed by atoms with Crippen molar-refractivity contribution < 1.29 is 49.0 Å². The summed E-state index contributed by atoms with van der Waals surface area (Å²) in [5.41, 5.74) is 0. The SMILES string of the molecule is FC(F)(F)C(F)(F)C(F)(F)C(F)(F)OCC1CCCO1. The normalized spacial score (nSPS) is 22.4. The Morgan fingerprint density at radius 3 is 1.85 bits per heavy atom. The second-order valence-electron chi connectivity index (χ2n) is 4.11. The van der Waals surface area contributed by atoms with Gasteiger partial charge in [0.1, 0.15) is 0 Å². The van der Waals surface area contributed by atoms with E-state index in [0.717, 1.165) is 0 Å². The molecule has 0 aromatic heterocycles. The van der Waals surface area contributed by atoms with E-state index < -0.39 is 36.8 Å². The molecule has 0 aromatic rings. The fourth-order valence-electron chi connectivity index (χ4n) is 1.42. The maximum absolute atomic E-state index is 12.9. The lowest BCUT2D eigenvalue weighted by molar-refractivity contribution is -0.445. The Kier molecular flexibility index (Phi) is 4.55. The third kappa shape index (κ3) is 2.97. The first-order valence-electron chi connectivity index (χ1n) is 5.28. The van der Waals surface area contributed by atoms with Gasteiger partial charge in [0.05, 0.1) is 12.7 Å². The first-order valence-corrected chi connectivity index (χ1v) is 5.28. The van der Waals surface area contributed by atoms with E-state index in [4.69, 9.17) is 4.74 Å². The van der Waals surface area contributed by atoms with Gasteiger partial charge in [-0.05, 0) is 12.8 Å². The monoisotopic (exact) mass is 320 g/mol. The van der Waals surface area contributed by atoms with Gasteiger partial charge in [-0.15, -0.1) is 0 Å². The van der Waals surface area contributed by atoms with E-state index in [1.807, 2.05) is 0 Å². The summed E-state index contributed by atoms with van der Waals surface area (Å²) in [4.78, 5) is 0. The Morgan fingerprint density at radius 2 is 1.45 bits per heavy atom. The first kappa shape index (κ1) is 17.3. The fraction of sp³-hybridized carbons (Fsp3) is 1.00. The van der Waals surface area contributed by atoms with Crippen LogP contribution in [0.5, 0.6) is 0 Å². The fourth-order valence-corrected chi connectivity index (χ4v) is 1.42. The molecule has 1 heterocycles. The molecule has 0 spiro atoms. The van der Waals surface area contributed by atoms with Crippen LogP contribution in [0.25, 0.3) is 0 Å². The van der Waals surface area contributed by atoms with Crippen molar-refractivity contribution in [2.45, 2.75) is 43.1 Å². The van der Waals surface area contributed by atoms with E-state index in [1.54, 1.807) is 0 Å². The van der Waals surface area contributed by atoms with Crippen LogP contribution < -0.4 is 0 Å². The molecule has 0 saturated carbocycles. The smallest absolute Gasteiger partial charge is 0.376 e. The molecule has 0 N–H and O–H groups in total. The molecule has 0 aromatic carbocycles. The average Bonchev–Trinajstić information content (AvgIpc) is 2.77. The zero-order chi connectivity index (χ0) is 15.8. The highest BCUT2D eigenvalue weighted by Crippen LogP contribution is 2.53. The maximum Gasteiger partial charge on any atom is 0.460 e. The summed E-state index contributed by atoms with van der Waals surface area (Å²) in [6, 6.07) is 0. The van der Waals surface area contributed by atoms with Gasteiger partial charge in [0, 0.05) is 6.61 Å². The van der Waals surface area contributed by atoms with E-state index in [9.17, 15) is 39.5 Å². The molecule has 2 nitrogen and oxygen atoms in total. The molecule has 1 aliphatic rings. The van der Waals surface area contributed by atoms with E-state index in [0.29, 0.717) is 6.42 Å². The minimum absolute atomic E-state index is 0.134. The van der Waals surface area contributed by atoms with Gasteiger partial charge in [0.15, 0.2) is 0 Å². The lowest BCUT2D eigenvalue weighted by Crippen LogP contribution is -2.61. The van der Waals surface area contributed by atoms with E-state index in [1.165, 1.54) is 0 Å². The number of hydrogen-bond donors (Lipinski definition) is 0. The molecule has 0 radical (unpaired) electrons. The van der Waals surface area contributed by atoms with Gasteiger partial charge in [-0.3, -0.25) is 0 Å². The third-order valence-electron chi connectivity index (χ3n) is 2.59. The number of halogens is 9. The van der Waals surface area contributed by atoms with Gasteiger partial charge in [-0.2, -0.15) is 39.5 Å². The molecule has 120 valence electrons. The van der Waals surface area contributed by atoms with Crippen molar-refractivity contribution >= 4 is 0 Å². The molecule has 0 bridgehead atoms. The second-order valence-corrected chi connectivity index (χ2v) is 4.11. The van der Waals surface area contributed by atoms with Crippen LogP contribution in [0, 0.1) is 0 Å². The number of ether oxygens (including phenoxy) is 2. The van der Waals surface area contributed by atoms with Crippen molar-refractivity contribution in [2.75, 3.05) is 13.2 Å². The third-order valence-corrected chi connectivity index (χ3v) is 2.59. The van der Waals surface area contributed by atoms with Crippen LogP contribution in [0.4, 0.5) is 39.5 Å². The largest absolute Gasteiger partial charge is 0.460 e. The number of alkyl halides is 9. The summed E-state index contributed by atoms with van der Waals surface area (Å²) >= 11 is 0. The standard InChI is InChI=1S/C9H9F9O2/c10-6(11,8(14,15)16)7(12,13)9(17,18)20-4-5-2-1-3-19-5/h5H,1-4H2. The summed E-state index contributed by atoms with van der Waals surface area (Å²) in [5, 5.41) is 0. The highest BCUT2D eigenvalue weighted by molar-refractivity contribution is 4.96. The Hall–Kier alpha value is -0.710. The predicted octanol–water partition coefficient (Wildman–Crippen LogP) is 3.61. The molecular formula is C9H9F9O2. The highest BCUT2D eigenvalue weighted by Gasteiger charge is 2.82. The summed E-state index contributed by atoms with van der Waals surface area (Å²) in [6.45, 7) is -1.08. The van der Waals surface area contributed by atoms with Gasteiger partial charge in [0.2, 0.25) is 0 Å². The van der Waals surface area contributed by atoms with Crippen LogP contribution in [-0.2, 0) is 9.47 Å². The predicted molar refractivity (Wildman–Crippen MR) is 45.8 cm³/mol. The Balaban J connectivity index is 2.82. The highest BCUT2D eigenvalue weighted by atomic mass is 19.4. The summed E-state index contributed by atoms with van der Waals surface area (Å²) in [6.07, 6.45) is -13.3. The topological polar surface area (TPSA) is 18.5 Å². The Bertz CT molecular complexity index is 333. The Morgan fingerprint density at radius 1 is 0.900 bits per heavy atom. The summed E-state index contributed by atoms with van der Waals surface area (Å²) < 4.78 is 119. The van der Waals surface area contributed by atoms with Gasteiger partial charge in [-0.1, -0.05) is 0 Å². The van der Waals surface area contributed by atoms with Crippen LogP contribution in [-0.4, -0.2) is 43.4 Å². The molecule has 0 aliphatic carbocycles. The number of hydrogen-bond acceptors (Lipinski definition) is 2. The van der Waals surface area contributed by atoms with Crippen molar-refractivity contribution in [2.24, 2.45) is 0 Å². The molecule has 1 aliphatic heterocycles. The van der Waals surface area contributed by atoms with E-state index in [-0.39, 0.29) is 13.0 Å². The second kappa shape index (κ2) is 5.24. The molecule has 11 heteroatoms. The molecule has 20 heavy (non-hydrogen) atoms. The molecule has 1 saturated heterocycles. The van der Waals surface area contributed by atoms with Crippen molar-refractivity contribution in [1.82, 2.24) is 0 Å². The van der Waals surface area contributed by atoms with Gasteiger partial charge in [0.25, 0.3) is 0 Å². The average molecular weight is 320 g/mol. The van der Waals surface area contributed by atoms with Crippen molar-refractivity contribution in [3.05, 3.63) is 0 Å². The van der Waals surface area contributed by atoms with Crippen molar-refractivity contribution in [3.8, 4) is 0 Å². The van der Waals surface area contributed by atoms with Crippen LogP contribution in [0.3, 0.4) is 0 Å². The summed E-state index contributed by atoms with van der Waals surface area (Å²) in [5.74, 6) is -13.7. The maximum atomic E-state index is 12.9. The molecule has 1 rings (SSSR count). The van der Waals surface area contributed by atoms with Crippen LogP contribution in [0.15, 0.2) is 0 Å². The lowest BCUT2D eigenvalue weighted by Gasteiger charge is -2.33. The van der Waals surface area contributed by atoms with Crippen LogP contribution in [0.2, 0.25) is 0 Å². The minimum atomic E-state index is -6.93. The summed E-state index contributed by atoms with van der Waals surface area (Å²) in [7, 11) is 0. The van der Waals surface area contributed by atoms with Gasteiger partial charge in [-0.25, -0.2) is 0 Å². The van der Waals surface area contributed by atoms with Gasteiger partial charge < -0.3 is 9.47 Å². The quantitative estimate of drug-likeness (QED) is 0.721. The number of rotatable bonds is 5. The van der Waals surface area contributed by atoms with Crippen LogP contribution >= 0.6 is 0 Å². The van der Waals surface area contributed by atoms with Gasteiger partial charge >= 0.3 is 24.1 Å². The van der Waals surface area contributed by atoms with Crippen LogP contribution in [0.1, 0.15) is 12.8 Å². The minimum Gasteiger partial charge on any atom is -0.376 e. The molecular weight excluding hydrogens is 311 g/mol. The first-order chi connectivity index (χ1) is 8.83. The zero-order valence-electron chi connectivity index (χ0n) is 9.62. The molecule has 1 unspecified atom stereocenters. The lowest BCUT2D eigenvalue weighted by atomic mass is 10.1. The zero-order valence-corrected chi connectivity index (χ0v) is 9.62. The van der Waals surface area contributed by atoms with E-state index in [2.05, 4.69) is 4.74 Å². The van der Waals surface area contributed by atoms with E-state index >= 15 is 0 Å². The Labute approximate surface area is 106 Å². The molecule has 1 fully saturated rings. The van der Waals surface area contributed by atoms with Crippen molar-refractivity contribution in [1.29, 1.82) is 0 Å².